The van der Waals surface area contributed by atoms with Gasteiger partial charge in [0.1, 0.15) is 45.2 Å². The van der Waals surface area contributed by atoms with Crippen molar-refractivity contribution in [3.8, 4) is 0 Å². The molecule has 0 aromatic rings. The molecule has 4 bridgehead atoms. The average Bonchev–Trinajstić information content (AvgIpc) is 3.51. The molecule has 0 amide bonds. The van der Waals surface area contributed by atoms with Crippen LogP contribution in [0, 0.1) is 46.3 Å². The maximum Gasteiger partial charge on any atom is 0.465 e. The van der Waals surface area contributed by atoms with Crippen molar-refractivity contribution in [3.63, 3.8) is 0 Å². The van der Waals surface area contributed by atoms with Gasteiger partial charge < -0.3 is 42.6 Å². The number of rotatable bonds is 16. The molecule has 8 fully saturated rings. The summed E-state index contributed by atoms with van der Waals surface area (Å²) in [5.41, 5.74) is -4.21. The van der Waals surface area contributed by atoms with Crippen LogP contribution in [0.5, 0.6) is 0 Å². The van der Waals surface area contributed by atoms with Crippen LogP contribution in [0.25, 0.3) is 0 Å². The molecule has 8 aliphatic rings. The minimum Gasteiger partial charge on any atom is -0.465 e. The van der Waals surface area contributed by atoms with E-state index in [0.717, 1.165) is 32.1 Å². The molecular formula is C48H66F10O15S. The summed E-state index contributed by atoms with van der Waals surface area (Å²) in [4.78, 5) is 40.7. The van der Waals surface area contributed by atoms with E-state index in [1.165, 1.54) is 0 Å². The summed E-state index contributed by atoms with van der Waals surface area (Å²) in [6.45, 7) is -8.00. The molecule has 5 saturated carbocycles. The predicted octanol–water partition coefficient (Wildman–Crippen LogP) is 9.04. The molecule has 3 heterocycles. The minimum atomic E-state index is -6.16. The van der Waals surface area contributed by atoms with Crippen LogP contribution < -0.4 is 0 Å². The van der Waals surface area contributed by atoms with Crippen LogP contribution in [0.15, 0.2) is 0 Å². The summed E-state index contributed by atoms with van der Waals surface area (Å²) in [5, 5.41) is -5.24. The second kappa shape index (κ2) is 21.9. The Bertz CT molecular complexity index is 2070. The number of alkyl halides is 10. The molecule has 74 heavy (non-hydrogen) atoms. The van der Waals surface area contributed by atoms with Crippen molar-refractivity contribution in [1.82, 2.24) is 0 Å². The molecule has 26 heteroatoms. The number of hydrogen-bond donors (Lipinski definition) is 1. The summed E-state index contributed by atoms with van der Waals surface area (Å²) in [5.74, 6) is -24.3. The minimum absolute atomic E-state index is 0.00172. The van der Waals surface area contributed by atoms with Gasteiger partial charge in [0, 0.05) is 24.2 Å². The molecule has 0 aromatic heterocycles. The molecule has 424 valence electrons. The van der Waals surface area contributed by atoms with Gasteiger partial charge in [0.05, 0.1) is 24.0 Å². The van der Waals surface area contributed by atoms with Crippen molar-refractivity contribution >= 4 is 28.0 Å². The van der Waals surface area contributed by atoms with Gasteiger partial charge in [-0.2, -0.15) is 52.3 Å². The number of carbonyl (C=O) groups excluding carboxylic acids is 3. The topological polar surface area (TPSA) is 189 Å². The van der Waals surface area contributed by atoms with Crippen LogP contribution in [0.3, 0.4) is 0 Å². The van der Waals surface area contributed by atoms with Gasteiger partial charge in [-0.15, -0.1) is 0 Å². The third-order valence-electron chi connectivity index (χ3n) is 16.9. The standard InChI is InChI=1S/C48H66F10O15S/c49-44(50)25-68-36(69-26-45(44,51)52)32(14-29-6-2-1-3-7-29)10-11-35(59)65-21-41(22-66-38(67-23-41)34-16-31-9-5-13-43(18-31,20-34)73-40(61)48(57,58)74(62,63)64)24-72-39(60)42-12-4-8-30(17-42)15-33(19-42)37-70-27-46(53,54)47(55,56)28-71-37/h29-34,36-38H,1-28H2,(H,62,63,64). The number of halogens is 10. The zero-order valence-corrected chi connectivity index (χ0v) is 41.7. The van der Waals surface area contributed by atoms with E-state index in [-0.39, 0.29) is 69.5 Å². The van der Waals surface area contributed by atoms with Crippen molar-refractivity contribution in [3.05, 3.63) is 0 Å². The normalized spacial score (nSPS) is 36.3. The molecule has 3 saturated heterocycles. The van der Waals surface area contributed by atoms with Gasteiger partial charge in [0.25, 0.3) is 0 Å². The lowest BCUT2D eigenvalue weighted by Crippen LogP contribution is -2.55. The Morgan fingerprint density at radius 3 is 1.72 bits per heavy atom. The highest BCUT2D eigenvalue weighted by Crippen LogP contribution is 2.55. The average molecular weight is 1110 g/mol. The molecule has 0 aromatic carbocycles. The van der Waals surface area contributed by atoms with Crippen LogP contribution in [0.1, 0.15) is 128 Å². The Hall–Kier alpha value is -2.62. The monoisotopic (exact) mass is 1100 g/mol. The molecule has 3 aliphatic heterocycles. The van der Waals surface area contributed by atoms with Crippen LogP contribution in [0.2, 0.25) is 0 Å². The summed E-state index contributed by atoms with van der Waals surface area (Å²) in [6, 6.07) is 0. The Balaban J connectivity index is 0.965. The third-order valence-corrected chi connectivity index (χ3v) is 17.7. The van der Waals surface area contributed by atoms with E-state index in [1.807, 2.05) is 0 Å². The molecule has 8 rings (SSSR count). The van der Waals surface area contributed by atoms with Gasteiger partial charge in [-0.25, -0.2) is 4.79 Å². The van der Waals surface area contributed by atoms with Gasteiger partial charge in [0.15, 0.2) is 18.9 Å². The van der Waals surface area contributed by atoms with E-state index in [1.54, 1.807) is 0 Å². The van der Waals surface area contributed by atoms with Gasteiger partial charge in [-0.05, 0) is 88.4 Å². The van der Waals surface area contributed by atoms with Crippen molar-refractivity contribution < 1.29 is 114 Å². The van der Waals surface area contributed by atoms with Crippen LogP contribution in [-0.4, -0.2) is 137 Å². The molecule has 7 unspecified atom stereocenters. The number of fused-ring (bicyclic) bond motifs is 4. The second-order valence-corrected chi connectivity index (χ2v) is 24.2. The zero-order valence-electron chi connectivity index (χ0n) is 40.8. The second-order valence-electron chi connectivity index (χ2n) is 22.7. The zero-order chi connectivity index (χ0) is 53.6. The molecule has 0 radical (unpaired) electrons. The maximum absolute atomic E-state index is 14.4. The maximum atomic E-state index is 14.4. The molecule has 7 atom stereocenters. The largest absolute Gasteiger partial charge is 0.465 e. The smallest absolute Gasteiger partial charge is 0.465 e. The Morgan fingerprint density at radius 1 is 0.622 bits per heavy atom. The van der Waals surface area contributed by atoms with Gasteiger partial charge in [0.2, 0.25) is 0 Å². The lowest BCUT2D eigenvalue weighted by Gasteiger charge is -2.50. The van der Waals surface area contributed by atoms with Crippen molar-refractivity contribution in [2.45, 2.75) is 182 Å². The number of hydrogen-bond acceptors (Lipinski definition) is 14. The SMILES string of the molecule is O=C(CCC(CC1CCCCC1)C1OCC(F)(F)C(F)(F)CO1)OCC1(COC(=O)C23CCCC(CC(C4OCC(F)(F)C(F)(F)CO4)C2)C3)COC(C2CC3CCCC(OC(=O)C(F)(F)S(=O)(=O)O)(C3)C2)OC1. The van der Waals surface area contributed by atoms with Crippen LogP contribution >= 0.6 is 0 Å². The quantitative estimate of drug-likeness (QED) is 0.0667. The highest BCUT2D eigenvalue weighted by atomic mass is 32.2. The Labute approximate surface area is 422 Å². The van der Waals surface area contributed by atoms with Gasteiger partial charge >= 0.3 is 57.0 Å². The lowest BCUT2D eigenvalue weighted by molar-refractivity contribution is -0.279. The van der Waals surface area contributed by atoms with E-state index in [2.05, 4.69) is 0 Å². The fraction of sp³-hybridized carbons (Fsp3) is 0.938. The summed E-state index contributed by atoms with van der Waals surface area (Å²) in [6.07, 6.45) is 4.10. The molecule has 0 spiro atoms. The van der Waals surface area contributed by atoms with Crippen molar-refractivity contribution in [2.24, 2.45) is 46.3 Å². The number of ether oxygens (including phenoxy) is 9. The highest BCUT2D eigenvalue weighted by molar-refractivity contribution is 7.87. The van der Waals surface area contributed by atoms with E-state index in [9.17, 15) is 66.7 Å². The van der Waals surface area contributed by atoms with Crippen molar-refractivity contribution in [2.75, 3.05) is 52.9 Å². The molecule has 15 nitrogen and oxygen atoms in total. The van der Waals surface area contributed by atoms with E-state index >= 15 is 0 Å². The number of esters is 3. The van der Waals surface area contributed by atoms with E-state index < -0.39 is 150 Å². The molecule has 5 aliphatic carbocycles. The highest BCUT2D eigenvalue weighted by Gasteiger charge is 2.62. The van der Waals surface area contributed by atoms with Crippen molar-refractivity contribution in [1.29, 1.82) is 0 Å². The van der Waals surface area contributed by atoms with Crippen LogP contribution in [0.4, 0.5) is 43.9 Å². The van der Waals surface area contributed by atoms with Gasteiger partial charge in [-0.1, -0.05) is 51.4 Å². The van der Waals surface area contributed by atoms with Crippen LogP contribution in [-0.2, 0) is 67.1 Å². The summed E-state index contributed by atoms with van der Waals surface area (Å²) >= 11 is 0. The first-order valence-corrected chi connectivity index (χ1v) is 27.1. The predicted molar refractivity (Wildman–Crippen MR) is 232 cm³/mol. The molecular weight excluding hydrogens is 1040 g/mol. The van der Waals surface area contributed by atoms with E-state index in [4.69, 9.17) is 47.2 Å². The fourth-order valence-electron chi connectivity index (χ4n) is 13.0. The fourth-order valence-corrected chi connectivity index (χ4v) is 13.2. The summed E-state index contributed by atoms with van der Waals surface area (Å²) < 4.78 is 226. The first kappa shape index (κ1) is 57.6. The first-order valence-electron chi connectivity index (χ1n) is 25.7. The Kier molecular flexibility index (Phi) is 17.0. The number of carbonyl (C=O) groups is 3. The Morgan fingerprint density at radius 2 is 1.14 bits per heavy atom. The van der Waals surface area contributed by atoms with Gasteiger partial charge in [-0.3, -0.25) is 14.1 Å². The lowest BCUT2D eigenvalue weighted by atomic mass is 9.58. The first-order chi connectivity index (χ1) is 34.6. The van der Waals surface area contributed by atoms with E-state index in [0.29, 0.717) is 57.8 Å². The summed E-state index contributed by atoms with van der Waals surface area (Å²) in [7, 11) is -6.16. The molecule has 1 N–H and O–H groups in total. The third kappa shape index (κ3) is 12.6.